The van der Waals surface area contributed by atoms with Crippen molar-refractivity contribution >= 4 is 21.8 Å². The second-order valence-corrected chi connectivity index (χ2v) is 8.82. The maximum absolute atomic E-state index is 12.1. The van der Waals surface area contributed by atoms with E-state index in [0.717, 1.165) is 50.3 Å². The molecule has 150 valence electrons. The molecule has 0 atom stereocenters. The van der Waals surface area contributed by atoms with E-state index in [9.17, 15) is 8.42 Å². The average Bonchev–Trinajstić information content (AvgIpc) is 2.72. The van der Waals surface area contributed by atoms with E-state index in [0.29, 0.717) is 6.54 Å². The van der Waals surface area contributed by atoms with Gasteiger partial charge in [0.05, 0.1) is 0 Å². The lowest BCUT2D eigenvalue weighted by molar-refractivity contribution is 0.255. The molecule has 1 heterocycles. The zero-order valence-corrected chi connectivity index (χ0v) is 17.2. The number of aryl methyl sites for hydroxylation is 1. The fourth-order valence-electron chi connectivity index (χ4n) is 3.28. The van der Waals surface area contributed by atoms with E-state index in [1.54, 1.807) is 6.08 Å². The molecule has 1 N–H and O–H groups in total. The number of rotatable bonds is 8. The van der Waals surface area contributed by atoms with Gasteiger partial charge < -0.3 is 4.90 Å². The number of hydrogen-bond acceptors (Lipinski definition) is 4. The van der Waals surface area contributed by atoms with Gasteiger partial charge in [-0.15, -0.1) is 0 Å². The molecule has 0 aromatic heterocycles. The van der Waals surface area contributed by atoms with Crippen molar-refractivity contribution in [3.8, 4) is 0 Å². The third-order valence-electron chi connectivity index (χ3n) is 4.96. The van der Waals surface area contributed by atoms with E-state index in [4.69, 9.17) is 0 Å². The van der Waals surface area contributed by atoms with E-state index in [1.165, 1.54) is 11.1 Å². The lowest BCUT2D eigenvalue weighted by Crippen LogP contribution is -2.47. The van der Waals surface area contributed by atoms with Crippen LogP contribution in [-0.4, -0.2) is 52.6 Å². The van der Waals surface area contributed by atoms with Crippen LogP contribution in [-0.2, 0) is 10.0 Å². The highest BCUT2D eigenvalue weighted by Gasteiger charge is 2.16. The summed E-state index contributed by atoms with van der Waals surface area (Å²) in [5.41, 5.74) is 3.31. The van der Waals surface area contributed by atoms with Gasteiger partial charge in [0.2, 0.25) is 10.0 Å². The average molecular weight is 400 g/mol. The SMILES string of the molecule is Cc1ccc(/C=C/S(=O)(=O)NCCCN2CCN(c3ccccc3)CC2)cc1. The minimum Gasteiger partial charge on any atom is -0.369 e. The first-order valence-electron chi connectivity index (χ1n) is 9.79. The van der Waals surface area contributed by atoms with Crippen LogP contribution in [0.1, 0.15) is 17.5 Å². The van der Waals surface area contributed by atoms with Gasteiger partial charge in [-0.25, -0.2) is 13.1 Å². The Kier molecular flexibility index (Phi) is 7.25. The quantitative estimate of drug-likeness (QED) is 0.693. The number of nitrogens with one attached hydrogen (secondary N) is 1. The smallest absolute Gasteiger partial charge is 0.233 e. The van der Waals surface area contributed by atoms with Gasteiger partial charge in [0.25, 0.3) is 0 Å². The lowest BCUT2D eigenvalue weighted by atomic mass is 10.2. The van der Waals surface area contributed by atoms with Crippen LogP contribution in [0.2, 0.25) is 0 Å². The van der Waals surface area contributed by atoms with E-state index < -0.39 is 10.0 Å². The van der Waals surface area contributed by atoms with E-state index in [1.807, 2.05) is 37.3 Å². The van der Waals surface area contributed by atoms with Crippen LogP contribution in [0, 0.1) is 6.92 Å². The van der Waals surface area contributed by atoms with Gasteiger partial charge >= 0.3 is 0 Å². The molecule has 0 spiro atoms. The molecule has 3 rings (SSSR count). The summed E-state index contributed by atoms with van der Waals surface area (Å²) in [6.45, 7) is 7.41. The van der Waals surface area contributed by atoms with Gasteiger partial charge in [-0.05, 0) is 43.7 Å². The molecule has 2 aromatic rings. The summed E-state index contributed by atoms with van der Waals surface area (Å²) in [6, 6.07) is 18.2. The Balaban J connectivity index is 1.36. The van der Waals surface area contributed by atoms with Crippen LogP contribution in [0.15, 0.2) is 60.0 Å². The van der Waals surface area contributed by atoms with Crippen LogP contribution in [0.3, 0.4) is 0 Å². The normalized spacial score (nSPS) is 16.0. The molecule has 1 aliphatic heterocycles. The molecule has 2 aromatic carbocycles. The number of para-hydroxylation sites is 1. The van der Waals surface area contributed by atoms with Crippen LogP contribution in [0.5, 0.6) is 0 Å². The Morgan fingerprint density at radius 1 is 0.964 bits per heavy atom. The van der Waals surface area contributed by atoms with Crippen molar-refractivity contribution in [1.29, 1.82) is 0 Å². The summed E-state index contributed by atoms with van der Waals surface area (Å²) in [7, 11) is -3.39. The zero-order chi connectivity index (χ0) is 19.8. The molecule has 0 amide bonds. The lowest BCUT2D eigenvalue weighted by Gasteiger charge is -2.36. The maximum Gasteiger partial charge on any atom is 0.233 e. The Hall–Kier alpha value is -2.15. The van der Waals surface area contributed by atoms with Crippen LogP contribution in [0.4, 0.5) is 5.69 Å². The number of nitrogens with zero attached hydrogens (tertiary/aromatic N) is 2. The molecule has 0 aliphatic carbocycles. The molecule has 1 saturated heterocycles. The molecular weight excluding hydrogens is 370 g/mol. The highest BCUT2D eigenvalue weighted by molar-refractivity contribution is 7.92. The summed E-state index contributed by atoms with van der Waals surface area (Å²) in [4.78, 5) is 4.80. The maximum atomic E-state index is 12.1. The molecule has 6 heteroatoms. The number of sulfonamides is 1. The molecule has 1 aliphatic rings. The largest absolute Gasteiger partial charge is 0.369 e. The summed E-state index contributed by atoms with van der Waals surface area (Å²) in [6.07, 6.45) is 2.44. The fourth-order valence-corrected chi connectivity index (χ4v) is 4.14. The molecular formula is C22H29N3O2S. The van der Waals surface area contributed by atoms with Gasteiger partial charge in [0.15, 0.2) is 0 Å². The monoisotopic (exact) mass is 399 g/mol. The zero-order valence-electron chi connectivity index (χ0n) is 16.4. The second-order valence-electron chi connectivity index (χ2n) is 7.17. The van der Waals surface area contributed by atoms with Crippen molar-refractivity contribution in [2.75, 3.05) is 44.2 Å². The minimum atomic E-state index is -3.39. The first kappa shape index (κ1) is 20.6. The highest BCUT2D eigenvalue weighted by Crippen LogP contribution is 2.15. The number of piperazine rings is 1. The van der Waals surface area contributed by atoms with Crippen molar-refractivity contribution in [3.05, 3.63) is 71.1 Å². The minimum absolute atomic E-state index is 0.458. The molecule has 1 fully saturated rings. The summed E-state index contributed by atoms with van der Waals surface area (Å²) in [5, 5.41) is 1.25. The van der Waals surface area contributed by atoms with Crippen molar-refractivity contribution in [2.24, 2.45) is 0 Å². The molecule has 0 saturated carbocycles. The van der Waals surface area contributed by atoms with Crippen molar-refractivity contribution in [1.82, 2.24) is 9.62 Å². The number of hydrogen-bond donors (Lipinski definition) is 1. The van der Waals surface area contributed by atoms with Gasteiger partial charge in [-0.2, -0.15) is 0 Å². The first-order chi connectivity index (χ1) is 13.5. The highest BCUT2D eigenvalue weighted by atomic mass is 32.2. The van der Waals surface area contributed by atoms with Crippen LogP contribution < -0.4 is 9.62 Å². The summed E-state index contributed by atoms with van der Waals surface area (Å²) < 4.78 is 26.9. The second kappa shape index (κ2) is 9.87. The Morgan fingerprint density at radius 3 is 2.32 bits per heavy atom. The first-order valence-corrected chi connectivity index (χ1v) is 11.3. The predicted molar refractivity (Wildman–Crippen MR) is 117 cm³/mol. The molecule has 0 radical (unpaired) electrons. The number of benzene rings is 2. The van der Waals surface area contributed by atoms with Gasteiger partial charge in [0, 0.05) is 43.8 Å². The van der Waals surface area contributed by atoms with Gasteiger partial charge in [0.1, 0.15) is 0 Å². The summed E-state index contributed by atoms with van der Waals surface area (Å²) >= 11 is 0. The molecule has 0 bridgehead atoms. The fraction of sp³-hybridized carbons (Fsp3) is 0.364. The van der Waals surface area contributed by atoms with Gasteiger partial charge in [-0.1, -0.05) is 48.0 Å². The third kappa shape index (κ3) is 6.48. The van der Waals surface area contributed by atoms with E-state index in [-0.39, 0.29) is 0 Å². The molecule has 0 unspecified atom stereocenters. The molecule has 5 nitrogen and oxygen atoms in total. The number of anilines is 1. The topological polar surface area (TPSA) is 52.7 Å². The Bertz CT molecular complexity index is 856. The van der Waals surface area contributed by atoms with E-state index >= 15 is 0 Å². The third-order valence-corrected chi connectivity index (χ3v) is 6.07. The van der Waals surface area contributed by atoms with Crippen LogP contribution in [0.25, 0.3) is 6.08 Å². The predicted octanol–water partition coefficient (Wildman–Crippen LogP) is 3.10. The van der Waals surface area contributed by atoms with E-state index in [2.05, 4.69) is 38.8 Å². The van der Waals surface area contributed by atoms with Crippen LogP contribution >= 0.6 is 0 Å². The molecule has 28 heavy (non-hydrogen) atoms. The Morgan fingerprint density at radius 2 is 1.64 bits per heavy atom. The Labute approximate surface area is 168 Å². The standard InChI is InChI=1S/C22H29N3O2S/c1-20-8-10-21(11-9-20)12-19-28(26,27)23-13-5-14-24-15-17-25(18-16-24)22-6-3-2-4-7-22/h2-4,6-12,19,23H,5,13-18H2,1H3/b19-12+. The summed E-state index contributed by atoms with van der Waals surface area (Å²) in [5.74, 6) is 0. The van der Waals surface area contributed by atoms with Gasteiger partial charge in [-0.3, -0.25) is 4.90 Å². The van der Waals surface area contributed by atoms with Crippen molar-refractivity contribution in [2.45, 2.75) is 13.3 Å². The van der Waals surface area contributed by atoms with Crippen molar-refractivity contribution < 1.29 is 8.42 Å². The van der Waals surface area contributed by atoms with Crippen molar-refractivity contribution in [3.63, 3.8) is 0 Å².